The van der Waals surface area contributed by atoms with E-state index < -0.39 is 0 Å². The molecule has 1 fully saturated rings. The number of rotatable bonds is 6. The van der Waals surface area contributed by atoms with Crippen LogP contribution < -0.4 is 5.32 Å². The average Bonchev–Trinajstić information content (AvgIpc) is 3.06. The number of hydrogen-bond acceptors (Lipinski definition) is 4. The maximum absolute atomic E-state index is 12.2. The molecule has 2 amide bonds. The number of nitrogens with one attached hydrogen (secondary N) is 1. The molecule has 2 N–H and O–H groups in total. The third kappa shape index (κ3) is 4.34. The van der Waals surface area contributed by atoms with Gasteiger partial charge >= 0.3 is 0 Å². The number of aliphatic hydroxyl groups excluding tert-OH is 1. The van der Waals surface area contributed by atoms with Crippen LogP contribution >= 0.6 is 0 Å². The molecule has 0 bridgehead atoms. The summed E-state index contributed by atoms with van der Waals surface area (Å²) < 4.78 is 4.93. The predicted molar refractivity (Wildman–Crippen MR) is 81.3 cm³/mol. The summed E-state index contributed by atoms with van der Waals surface area (Å²) in [5.41, 5.74) is 0.556. The minimum Gasteiger partial charge on any atom is -0.472 e. The second-order valence-electron chi connectivity index (χ2n) is 5.85. The predicted octanol–water partition coefficient (Wildman–Crippen LogP) is 1.41. The highest BCUT2D eigenvalue weighted by molar-refractivity contribution is 5.94. The smallest absolute Gasteiger partial charge is 0.257 e. The molecule has 1 aliphatic rings. The number of piperidine rings is 1. The molecule has 6 nitrogen and oxygen atoms in total. The monoisotopic (exact) mass is 308 g/mol. The van der Waals surface area contributed by atoms with Crippen molar-refractivity contribution in [3.8, 4) is 0 Å². The number of likely N-dealkylation sites (tertiary alicyclic amines) is 1. The molecule has 0 aliphatic carbocycles. The third-order valence-corrected chi connectivity index (χ3v) is 4.10. The second-order valence-corrected chi connectivity index (χ2v) is 5.85. The highest BCUT2D eigenvalue weighted by Gasteiger charge is 2.28. The summed E-state index contributed by atoms with van der Waals surface area (Å²) in [6.07, 6.45) is 5.77. The van der Waals surface area contributed by atoms with Crippen molar-refractivity contribution in [2.45, 2.75) is 38.6 Å². The molecule has 122 valence electrons. The van der Waals surface area contributed by atoms with Gasteiger partial charge in [-0.2, -0.15) is 0 Å². The zero-order valence-electron chi connectivity index (χ0n) is 13.0. The Morgan fingerprint density at radius 1 is 1.45 bits per heavy atom. The zero-order valence-corrected chi connectivity index (χ0v) is 13.0. The van der Waals surface area contributed by atoms with Gasteiger partial charge in [0.25, 0.3) is 5.91 Å². The first-order chi connectivity index (χ1) is 10.6. The van der Waals surface area contributed by atoms with Gasteiger partial charge < -0.3 is 19.7 Å². The Kier molecular flexibility index (Phi) is 6.00. The van der Waals surface area contributed by atoms with Crippen LogP contribution in [-0.4, -0.2) is 47.6 Å². The highest BCUT2D eigenvalue weighted by Crippen LogP contribution is 2.19. The Labute approximate surface area is 130 Å². The first kappa shape index (κ1) is 16.5. The molecule has 2 rings (SSSR count). The lowest BCUT2D eigenvalue weighted by molar-refractivity contribution is -0.127. The lowest BCUT2D eigenvalue weighted by Gasteiger charge is -2.31. The van der Waals surface area contributed by atoms with Crippen molar-refractivity contribution in [1.29, 1.82) is 0 Å². The number of carbonyl (C=O) groups excluding carboxylic acids is 2. The van der Waals surface area contributed by atoms with Crippen molar-refractivity contribution in [1.82, 2.24) is 10.2 Å². The molecule has 0 saturated carbocycles. The number of nitrogens with zero attached hydrogens (tertiary/aromatic N) is 1. The Balaban J connectivity index is 1.77. The highest BCUT2D eigenvalue weighted by atomic mass is 16.3. The van der Waals surface area contributed by atoms with Crippen molar-refractivity contribution >= 4 is 11.8 Å². The minimum atomic E-state index is -0.0380. The van der Waals surface area contributed by atoms with Gasteiger partial charge in [-0.1, -0.05) is 0 Å². The molecule has 1 aliphatic heterocycles. The van der Waals surface area contributed by atoms with Crippen LogP contribution in [0.2, 0.25) is 0 Å². The number of furan rings is 1. The van der Waals surface area contributed by atoms with E-state index in [0.29, 0.717) is 37.9 Å². The van der Waals surface area contributed by atoms with Crippen LogP contribution in [0.4, 0.5) is 0 Å². The maximum atomic E-state index is 12.2. The van der Waals surface area contributed by atoms with Gasteiger partial charge in [-0.05, 0) is 38.7 Å². The van der Waals surface area contributed by atoms with E-state index in [9.17, 15) is 9.59 Å². The minimum absolute atomic E-state index is 0.0371. The largest absolute Gasteiger partial charge is 0.472 e. The molecular formula is C16H24N2O4. The maximum Gasteiger partial charge on any atom is 0.257 e. The van der Waals surface area contributed by atoms with Crippen molar-refractivity contribution in [3.05, 3.63) is 24.2 Å². The van der Waals surface area contributed by atoms with Crippen molar-refractivity contribution in [3.63, 3.8) is 0 Å². The van der Waals surface area contributed by atoms with E-state index >= 15 is 0 Å². The van der Waals surface area contributed by atoms with Gasteiger partial charge in [-0.15, -0.1) is 0 Å². The quantitative estimate of drug-likeness (QED) is 0.832. The summed E-state index contributed by atoms with van der Waals surface area (Å²) in [5, 5.41) is 11.8. The molecule has 6 heteroatoms. The fourth-order valence-corrected chi connectivity index (χ4v) is 2.74. The fraction of sp³-hybridized carbons (Fsp3) is 0.625. The van der Waals surface area contributed by atoms with E-state index in [1.165, 1.54) is 12.5 Å². The summed E-state index contributed by atoms with van der Waals surface area (Å²) in [6, 6.07) is 1.73. The van der Waals surface area contributed by atoms with Gasteiger partial charge in [-0.25, -0.2) is 0 Å². The third-order valence-electron chi connectivity index (χ3n) is 4.10. The van der Waals surface area contributed by atoms with E-state index in [1.807, 2.05) is 6.92 Å². The Hall–Kier alpha value is -1.82. The van der Waals surface area contributed by atoms with Gasteiger partial charge in [0.2, 0.25) is 5.91 Å². The van der Waals surface area contributed by atoms with Crippen molar-refractivity contribution in [2.75, 3.05) is 19.7 Å². The number of carbonyl (C=O) groups is 2. The molecule has 1 aromatic rings. The molecule has 0 radical (unpaired) electrons. The van der Waals surface area contributed by atoms with Gasteiger partial charge in [0.15, 0.2) is 0 Å². The van der Waals surface area contributed by atoms with Crippen molar-refractivity contribution in [2.24, 2.45) is 5.92 Å². The van der Waals surface area contributed by atoms with Gasteiger partial charge in [0, 0.05) is 31.7 Å². The topological polar surface area (TPSA) is 82.8 Å². The standard InChI is InChI=1S/C16H24N2O4/c1-12(3-2-9-19)17-15(20)13-4-7-18(8-5-13)16(21)14-6-10-22-11-14/h6,10-13,19H,2-5,7-9H2,1H3,(H,17,20). The molecule has 2 heterocycles. The fourth-order valence-electron chi connectivity index (χ4n) is 2.74. The summed E-state index contributed by atoms with van der Waals surface area (Å²) in [7, 11) is 0. The Bertz CT molecular complexity index is 478. The van der Waals surface area contributed by atoms with E-state index in [0.717, 1.165) is 6.42 Å². The summed E-state index contributed by atoms with van der Waals surface area (Å²) >= 11 is 0. The molecule has 1 unspecified atom stereocenters. The van der Waals surface area contributed by atoms with Gasteiger partial charge in [-0.3, -0.25) is 9.59 Å². The molecular weight excluding hydrogens is 284 g/mol. The molecule has 1 aromatic heterocycles. The van der Waals surface area contributed by atoms with Crippen LogP contribution in [0.3, 0.4) is 0 Å². The van der Waals surface area contributed by atoms with Crippen LogP contribution in [0.5, 0.6) is 0 Å². The number of amides is 2. The summed E-state index contributed by atoms with van der Waals surface area (Å²) in [4.78, 5) is 26.1. The van der Waals surface area contributed by atoms with Crippen LogP contribution in [0, 0.1) is 5.92 Å². The van der Waals surface area contributed by atoms with E-state index in [2.05, 4.69) is 5.32 Å². The first-order valence-corrected chi connectivity index (χ1v) is 7.84. The number of aliphatic hydroxyl groups is 1. The van der Waals surface area contributed by atoms with Crippen LogP contribution in [0.25, 0.3) is 0 Å². The van der Waals surface area contributed by atoms with Crippen LogP contribution in [-0.2, 0) is 4.79 Å². The number of hydrogen-bond donors (Lipinski definition) is 2. The summed E-state index contributed by atoms with van der Waals surface area (Å²) in [6.45, 7) is 3.28. The van der Waals surface area contributed by atoms with E-state index in [4.69, 9.17) is 9.52 Å². The van der Waals surface area contributed by atoms with E-state index in [-0.39, 0.29) is 30.4 Å². The molecule has 0 spiro atoms. The SMILES string of the molecule is CC(CCCO)NC(=O)C1CCN(C(=O)c2ccoc2)CC1. The molecule has 1 saturated heterocycles. The Morgan fingerprint density at radius 3 is 2.77 bits per heavy atom. The normalized spacial score (nSPS) is 17.3. The second kappa shape index (κ2) is 7.98. The first-order valence-electron chi connectivity index (χ1n) is 7.84. The van der Waals surface area contributed by atoms with Gasteiger partial charge in [0.05, 0.1) is 11.8 Å². The lowest BCUT2D eigenvalue weighted by atomic mass is 9.95. The van der Waals surface area contributed by atoms with Crippen molar-refractivity contribution < 1.29 is 19.1 Å². The van der Waals surface area contributed by atoms with Crippen LogP contribution in [0.15, 0.2) is 23.0 Å². The average molecular weight is 308 g/mol. The molecule has 0 aromatic carbocycles. The van der Waals surface area contributed by atoms with E-state index in [1.54, 1.807) is 11.0 Å². The lowest BCUT2D eigenvalue weighted by Crippen LogP contribution is -2.44. The molecule has 22 heavy (non-hydrogen) atoms. The molecule has 1 atom stereocenters. The zero-order chi connectivity index (χ0) is 15.9. The Morgan fingerprint density at radius 2 is 2.18 bits per heavy atom. The van der Waals surface area contributed by atoms with Crippen LogP contribution in [0.1, 0.15) is 43.0 Å². The van der Waals surface area contributed by atoms with Gasteiger partial charge in [0.1, 0.15) is 6.26 Å². The summed E-state index contributed by atoms with van der Waals surface area (Å²) in [5.74, 6) is -0.0188.